The summed E-state index contributed by atoms with van der Waals surface area (Å²) in [5, 5.41) is 6.34. The largest absolute Gasteiger partial charge is 0.462 e. The molecule has 1 heterocycles. The van der Waals surface area contributed by atoms with Crippen molar-refractivity contribution >= 4 is 40.6 Å². The molecule has 3 aromatic carbocycles. The van der Waals surface area contributed by atoms with E-state index >= 15 is 0 Å². The van der Waals surface area contributed by atoms with Crippen LogP contribution in [0, 0.1) is 0 Å². The summed E-state index contributed by atoms with van der Waals surface area (Å²) in [7, 11) is 0. The molecule has 3 aromatic rings. The maximum atomic E-state index is 13.3. The van der Waals surface area contributed by atoms with E-state index < -0.39 is 11.6 Å². The van der Waals surface area contributed by atoms with Crippen LogP contribution in [0.5, 0.6) is 0 Å². The van der Waals surface area contributed by atoms with Crippen molar-refractivity contribution in [1.82, 2.24) is 4.90 Å². The number of carbonyl (C=O) groups is 3. The maximum Gasteiger partial charge on any atom is 0.410 e. The van der Waals surface area contributed by atoms with E-state index in [1.165, 1.54) is 0 Å². The molecule has 1 aliphatic rings. The molecule has 0 unspecified atom stereocenters. The van der Waals surface area contributed by atoms with Crippen LogP contribution in [0.1, 0.15) is 68.1 Å². The first-order valence-electron chi connectivity index (χ1n) is 13.9. The molecule has 2 N–H and O–H groups in total. The van der Waals surface area contributed by atoms with Crippen molar-refractivity contribution in [3.63, 3.8) is 0 Å². The summed E-state index contributed by atoms with van der Waals surface area (Å²) in [6.07, 6.45) is 0.479. The van der Waals surface area contributed by atoms with Crippen LogP contribution in [0.25, 0.3) is 11.3 Å². The number of esters is 1. The predicted molar refractivity (Wildman–Crippen MR) is 161 cm³/mol. The fourth-order valence-corrected chi connectivity index (χ4v) is 4.54. The summed E-state index contributed by atoms with van der Waals surface area (Å²) in [6, 6.07) is 22.5. The predicted octanol–water partition coefficient (Wildman–Crippen LogP) is 6.94. The molecule has 0 spiro atoms. The number of anilines is 2. The van der Waals surface area contributed by atoms with Crippen molar-refractivity contribution in [3.05, 3.63) is 95.1 Å². The number of hydrogen-bond donors (Lipinski definition) is 2. The van der Waals surface area contributed by atoms with Crippen LogP contribution in [0.15, 0.2) is 72.8 Å². The zero-order valence-corrected chi connectivity index (χ0v) is 24.2. The third-order valence-electron chi connectivity index (χ3n) is 6.33. The highest BCUT2D eigenvalue weighted by Gasteiger charge is 2.29. The Kier molecular flexibility index (Phi) is 9.12. The van der Waals surface area contributed by atoms with Gasteiger partial charge in [0.15, 0.2) is 0 Å². The Morgan fingerprint density at radius 2 is 1.63 bits per heavy atom. The first-order valence-corrected chi connectivity index (χ1v) is 13.9. The van der Waals surface area contributed by atoms with Gasteiger partial charge in [-0.15, -0.1) is 0 Å². The quantitative estimate of drug-likeness (QED) is 0.219. The fraction of sp³-hybridized carbons (Fsp3) is 0.303. The third-order valence-corrected chi connectivity index (χ3v) is 6.33. The molecule has 0 fully saturated rings. The normalized spacial score (nSPS) is 13.6. The van der Waals surface area contributed by atoms with Crippen LogP contribution in [0.3, 0.4) is 0 Å². The Morgan fingerprint density at radius 3 is 2.27 bits per heavy atom. The number of fused-ring (bicyclic) bond motifs is 1. The first kappa shape index (κ1) is 29.4. The molecule has 0 saturated heterocycles. The standard InChI is InChI=1S/C33H37N3O5/c1-6-19-36(32(39)41-33(3,4)5)21-22-13-16-25(17-14-22)34-29(23-11-9-8-10-12-23)28-26-18-15-24(31(38)40-7-2)20-27(26)35-30(28)37/h8-18,20,34H,6-7,19,21H2,1-5H3,(H,35,37)/b29-28-. The Balaban J connectivity index is 1.63. The average molecular weight is 556 g/mol. The van der Waals surface area contributed by atoms with Gasteiger partial charge in [0.25, 0.3) is 5.91 Å². The van der Waals surface area contributed by atoms with Gasteiger partial charge in [-0.25, -0.2) is 9.59 Å². The van der Waals surface area contributed by atoms with E-state index in [9.17, 15) is 14.4 Å². The number of rotatable bonds is 9. The number of hydrogen-bond acceptors (Lipinski definition) is 6. The molecule has 8 heteroatoms. The van der Waals surface area contributed by atoms with Crippen molar-refractivity contribution in [3.8, 4) is 0 Å². The van der Waals surface area contributed by atoms with Gasteiger partial charge in [-0.1, -0.05) is 55.5 Å². The molecule has 0 bridgehead atoms. The van der Waals surface area contributed by atoms with Crippen LogP contribution < -0.4 is 10.6 Å². The van der Waals surface area contributed by atoms with E-state index in [1.54, 1.807) is 30.0 Å². The minimum Gasteiger partial charge on any atom is -0.462 e. The van der Waals surface area contributed by atoms with Crippen LogP contribution >= 0.6 is 0 Å². The van der Waals surface area contributed by atoms with Crippen molar-refractivity contribution in [2.24, 2.45) is 0 Å². The van der Waals surface area contributed by atoms with E-state index in [4.69, 9.17) is 9.47 Å². The number of benzene rings is 3. The van der Waals surface area contributed by atoms with Gasteiger partial charge in [-0.05, 0) is 69.5 Å². The van der Waals surface area contributed by atoms with E-state index in [0.717, 1.165) is 23.2 Å². The second-order valence-electron chi connectivity index (χ2n) is 10.8. The van der Waals surface area contributed by atoms with Crippen LogP contribution in [0.4, 0.5) is 16.2 Å². The highest BCUT2D eigenvalue weighted by molar-refractivity contribution is 6.37. The Morgan fingerprint density at radius 1 is 0.927 bits per heavy atom. The lowest BCUT2D eigenvalue weighted by Gasteiger charge is -2.27. The van der Waals surface area contributed by atoms with Gasteiger partial charge >= 0.3 is 12.1 Å². The van der Waals surface area contributed by atoms with E-state index in [2.05, 4.69) is 10.6 Å². The molecule has 1 aliphatic heterocycles. The molecule has 8 nitrogen and oxygen atoms in total. The van der Waals surface area contributed by atoms with Gasteiger partial charge < -0.3 is 25.0 Å². The minimum atomic E-state index is -0.566. The molecule has 0 saturated carbocycles. The van der Waals surface area contributed by atoms with Gasteiger partial charge in [0.05, 0.1) is 29.1 Å². The van der Waals surface area contributed by atoms with Gasteiger partial charge in [-0.2, -0.15) is 0 Å². The number of amides is 2. The van der Waals surface area contributed by atoms with E-state index in [0.29, 0.717) is 41.2 Å². The number of nitrogens with zero attached hydrogens (tertiary/aromatic N) is 1. The Labute approximate surface area is 241 Å². The summed E-state index contributed by atoms with van der Waals surface area (Å²) in [4.78, 5) is 39.9. The monoisotopic (exact) mass is 555 g/mol. The molecule has 2 amide bonds. The minimum absolute atomic E-state index is 0.267. The smallest absolute Gasteiger partial charge is 0.410 e. The third kappa shape index (κ3) is 7.33. The highest BCUT2D eigenvalue weighted by Crippen LogP contribution is 2.38. The van der Waals surface area contributed by atoms with Gasteiger partial charge in [0, 0.05) is 24.3 Å². The number of carbonyl (C=O) groups excluding carboxylic acids is 3. The van der Waals surface area contributed by atoms with E-state index in [-0.39, 0.29) is 18.6 Å². The molecule has 41 heavy (non-hydrogen) atoms. The van der Waals surface area contributed by atoms with Gasteiger partial charge in [0.2, 0.25) is 0 Å². The highest BCUT2D eigenvalue weighted by atomic mass is 16.6. The second kappa shape index (κ2) is 12.7. The number of ether oxygens (including phenoxy) is 2. The van der Waals surface area contributed by atoms with Crippen molar-refractivity contribution in [2.45, 2.75) is 53.2 Å². The zero-order chi connectivity index (χ0) is 29.6. The number of nitrogens with one attached hydrogen (secondary N) is 2. The van der Waals surface area contributed by atoms with Crippen LogP contribution in [-0.4, -0.2) is 41.6 Å². The molecule has 0 aromatic heterocycles. The Hall–Kier alpha value is -4.59. The first-order chi connectivity index (χ1) is 19.6. The topological polar surface area (TPSA) is 97.0 Å². The SMILES string of the molecule is CCCN(Cc1ccc(N/C(=C2\C(=O)Nc3cc(C(=O)OCC)ccc32)c2ccccc2)cc1)C(=O)OC(C)(C)C. The summed E-state index contributed by atoms with van der Waals surface area (Å²) < 4.78 is 10.7. The summed E-state index contributed by atoms with van der Waals surface area (Å²) >= 11 is 0. The molecule has 0 aliphatic carbocycles. The fourth-order valence-electron chi connectivity index (χ4n) is 4.54. The van der Waals surface area contributed by atoms with Gasteiger partial charge in [-0.3, -0.25) is 4.79 Å². The molecule has 4 rings (SSSR count). The molecule has 214 valence electrons. The van der Waals surface area contributed by atoms with Gasteiger partial charge in [0.1, 0.15) is 5.60 Å². The molecule has 0 radical (unpaired) electrons. The summed E-state index contributed by atoms with van der Waals surface area (Å²) in [5.74, 6) is -0.704. The molecular weight excluding hydrogens is 518 g/mol. The maximum absolute atomic E-state index is 13.3. The second-order valence-corrected chi connectivity index (χ2v) is 10.8. The average Bonchev–Trinajstić information content (AvgIpc) is 3.26. The lowest BCUT2D eigenvalue weighted by molar-refractivity contribution is -0.110. The van der Waals surface area contributed by atoms with E-state index in [1.807, 2.05) is 82.3 Å². The Bertz CT molecular complexity index is 1440. The molecular formula is C33H37N3O5. The van der Waals surface area contributed by atoms with Crippen LogP contribution in [-0.2, 0) is 20.8 Å². The van der Waals surface area contributed by atoms with Crippen molar-refractivity contribution < 1.29 is 23.9 Å². The lowest BCUT2D eigenvalue weighted by Crippen LogP contribution is -2.36. The molecule has 0 atom stereocenters. The lowest BCUT2D eigenvalue weighted by atomic mass is 9.99. The summed E-state index contributed by atoms with van der Waals surface area (Å²) in [5.41, 5.74) is 4.75. The van der Waals surface area contributed by atoms with Crippen molar-refractivity contribution in [2.75, 3.05) is 23.8 Å². The summed E-state index contributed by atoms with van der Waals surface area (Å²) in [6.45, 7) is 10.6. The van der Waals surface area contributed by atoms with Crippen LogP contribution in [0.2, 0.25) is 0 Å². The van der Waals surface area contributed by atoms with Crippen molar-refractivity contribution in [1.29, 1.82) is 0 Å². The zero-order valence-electron chi connectivity index (χ0n) is 24.2.